The van der Waals surface area contributed by atoms with Crippen LogP contribution in [0.2, 0.25) is 5.02 Å². The molecule has 0 aliphatic carbocycles. The fourth-order valence-electron chi connectivity index (χ4n) is 2.17. The molecule has 0 radical (unpaired) electrons. The van der Waals surface area contributed by atoms with Crippen LogP contribution >= 0.6 is 34.7 Å². The topological polar surface area (TPSA) is 30.7 Å². The third-order valence-corrected chi connectivity index (χ3v) is 5.47. The minimum absolute atomic E-state index is 0.798. The number of halogens is 1. The maximum atomic E-state index is 6.22. The Morgan fingerprint density at radius 1 is 1.18 bits per heavy atom. The first-order valence-corrected chi connectivity index (χ1v) is 9.37. The molecular formula is C16H16ClN3S2. The van der Waals surface area contributed by atoms with E-state index in [0.717, 1.165) is 45.2 Å². The van der Waals surface area contributed by atoms with Crippen LogP contribution in [0.15, 0.2) is 46.9 Å². The van der Waals surface area contributed by atoms with Crippen LogP contribution in [-0.2, 0) is 12.3 Å². The molecule has 0 amide bonds. The highest BCUT2D eigenvalue weighted by molar-refractivity contribution is 7.98. The van der Waals surface area contributed by atoms with E-state index in [0.29, 0.717) is 0 Å². The Labute approximate surface area is 143 Å². The first kappa shape index (κ1) is 15.6. The predicted molar refractivity (Wildman–Crippen MR) is 94.6 cm³/mol. The molecule has 0 atom stereocenters. The van der Waals surface area contributed by atoms with Crippen LogP contribution in [0.4, 0.5) is 0 Å². The molecule has 0 saturated heterocycles. The second-order valence-electron chi connectivity index (χ2n) is 4.82. The standard InChI is InChI=1S/C16H16ClN3S2/c1-2-9-20-15(14-8-5-10-21-14)18-19-16(20)22-11-12-6-3-4-7-13(12)17/h3-8,10H,2,9,11H2,1H3. The molecule has 3 aromatic rings. The highest BCUT2D eigenvalue weighted by Crippen LogP contribution is 2.30. The number of aromatic nitrogens is 3. The van der Waals surface area contributed by atoms with Crippen molar-refractivity contribution in [1.82, 2.24) is 14.8 Å². The first-order chi connectivity index (χ1) is 10.8. The average Bonchev–Trinajstić information content (AvgIpc) is 3.16. The van der Waals surface area contributed by atoms with Gasteiger partial charge in [-0.1, -0.05) is 54.6 Å². The molecule has 0 fully saturated rings. The van der Waals surface area contributed by atoms with E-state index in [9.17, 15) is 0 Å². The van der Waals surface area contributed by atoms with Gasteiger partial charge in [-0.3, -0.25) is 0 Å². The molecule has 114 valence electrons. The molecule has 1 aromatic carbocycles. The summed E-state index contributed by atoms with van der Waals surface area (Å²) in [6, 6.07) is 12.1. The summed E-state index contributed by atoms with van der Waals surface area (Å²) in [4.78, 5) is 1.16. The first-order valence-electron chi connectivity index (χ1n) is 7.13. The SMILES string of the molecule is CCCn1c(SCc2ccccc2Cl)nnc1-c1cccs1. The van der Waals surface area contributed by atoms with Crippen LogP contribution in [0.1, 0.15) is 18.9 Å². The van der Waals surface area contributed by atoms with Crippen LogP contribution in [0, 0.1) is 0 Å². The minimum atomic E-state index is 0.798. The molecule has 0 spiro atoms. The third-order valence-electron chi connectivity index (χ3n) is 3.22. The maximum Gasteiger partial charge on any atom is 0.191 e. The number of benzene rings is 1. The van der Waals surface area contributed by atoms with E-state index in [1.54, 1.807) is 23.1 Å². The van der Waals surface area contributed by atoms with Gasteiger partial charge in [-0.2, -0.15) is 0 Å². The number of rotatable bonds is 6. The zero-order valence-corrected chi connectivity index (χ0v) is 14.6. The highest BCUT2D eigenvalue weighted by Gasteiger charge is 2.14. The lowest BCUT2D eigenvalue weighted by Crippen LogP contribution is -2.01. The lowest BCUT2D eigenvalue weighted by Gasteiger charge is -2.08. The van der Waals surface area contributed by atoms with Crippen LogP contribution in [0.25, 0.3) is 10.7 Å². The van der Waals surface area contributed by atoms with E-state index in [2.05, 4.69) is 39.2 Å². The Hall–Kier alpha value is -1.30. The summed E-state index contributed by atoms with van der Waals surface area (Å²) in [6.45, 7) is 3.09. The maximum absolute atomic E-state index is 6.22. The molecule has 0 aliphatic heterocycles. The molecular weight excluding hydrogens is 334 g/mol. The van der Waals surface area contributed by atoms with Crippen molar-refractivity contribution in [3.05, 3.63) is 52.4 Å². The summed E-state index contributed by atoms with van der Waals surface area (Å²) < 4.78 is 2.20. The Kier molecular flexibility index (Phi) is 5.18. The van der Waals surface area contributed by atoms with Crippen molar-refractivity contribution >= 4 is 34.7 Å². The lowest BCUT2D eigenvalue weighted by atomic mass is 10.2. The summed E-state index contributed by atoms with van der Waals surface area (Å²) in [5.41, 5.74) is 1.12. The quantitative estimate of drug-likeness (QED) is 0.561. The smallest absolute Gasteiger partial charge is 0.191 e. The molecule has 2 aromatic heterocycles. The van der Waals surface area contributed by atoms with E-state index >= 15 is 0 Å². The second-order valence-corrected chi connectivity index (χ2v) is 7.11. The van der Waals surface area contributed by atoms with Crippen LogP contribution < -0.4 is 0 Å². The summed E-state index contributed by atoms with van der Waals surface area (Å²) in [5, 5.41) is 12.6. The molecule has 0 aliphatic rings. The van der Waals surface area contributed by atoms with Gasteiger partial charge in [-0.25, -0.2) is 0 Å². The van der Waals surface area contributed by atoms with Crippen molar-refractivity contribution < 1.29 is 0 Å². The van der Waals surface area contributed by atoms with Gasteiger partial charge < -0.3 is 4.57 Å². The van der Waals surface area contributed by atoms with Gasteiger partial charge in [0.15, 0.2) is 11.0 Å². The summed E-state index contributed by atoms with van der Waals surface area (Å²) in [6.07, 6.45) is 1.05. The zero-order chi connectivity index (χ0) is 15.4. The minimum Gasteiger partial charge on any atom is -0.301 e. The Balaban J connectivity index is 1.83. The van der Waals surface area contributed by atoms with Crippen molar-refractivity contribution in [2.24, 2.45) is 0 Å². The van der Waals surface area contributed by atoms with Gasteiger partial charge >= 0.3 is 0 Å². The van der Waals surface area contributed by atoms with Crippen molar-refractivity contribution in [3.63, 3.8) is 0 Å². The fraction of sp³-hybridized carbons (Fsp3) is 0.250. The number of thioether (sulfide) groups is 1. The van der Waals surface area contributed by atoms with Crippen molar-refractivity contribution in [2.75, 3.05) is 0 Å². The summed E-state index contributed by atoms with van der Waals surface area (Å²) >= 11 is 9.60. The van der Waals surface area contributed by atoms with Gasteiger partial charge in [0.25, 0.3) is 0 Å². The largest absolute Gasteiger partial charge is 0.301 e. The molecule has 6 heteroatoms. The van der Waals surface area contributed by atoms with Gasteiger partial charge in [-0.05, 0) is 29.5 Å². The molecule has 22 heavy (non-hydrogen) atoms. The summed E-state index contributed by atoms with van der Waals surface area (Å²) in [7, 11) is 0. The van der Waals surface area contributed by atoms with Crippen LogP contribution in [-0.4, -0.2) is 14.8 Å². The fourth-order valence-corrected chi connectivity index (χ4v) is 4.13. The van der Waals surface area contributed by atoms with Gasteiger partial charge in [0.2, 0.25) is 0 Å². The van der Waals surface area contributed by atoms with Crippen molar-refractivity contribution in [1.29, 1.82) is 0 Å². The molecule has 0 saturated carbocycles. The third kappa shape index (κ3) is 3.37. The average molecular weight is 350 g/mol. The number of hydrogen-bond acceptors (Lipinski definition) is 4. The molecule has 0 unspecified atom stereocenters. The van der Waals surface area contributed by atoms with Crippen LogP contribution in [0.3, 0.4) is 0 Å². The zero-order valence-electron chi connectivity index (χ0n) is 12.2. The predicted octanol–water partition coefficient (Wildman–Crippen LogP) is 5.36. The van der Waals surface area contributed by atoms with Gasteiger partial charge in [0.1, 0.15) is 0 Å². The Bertz CT molecular complexity index is 738. The highest BCUT2D eigenvalue weighted by atomic mass is 35.5. The normalized spacial score (nSPS) is 11.0. The second kappa shape index (κ2) is 7.31. The summed E-state index contributed by atoms with van der Waals surface area (Å²) in [5.74, 6) is 1.75. The molecule has 3 nitrogen and oxygen atoms in total. The lowest BCUT2D eigenvalue weighted by molar-refractivity contribution is 0.627. The molecule has 2 heterocycles. The van der Waals surface area contributed by atoms with Gasteiger partial charge in [0.05, 0.1) is 4.88 Å². The number of nitrogens with zero attached hydrogens (tertiary/aromatic N) is 3. The van der Waals surface area contributed by atoms with E-state index < -0.39 is 0 Å². The van der Waals surface area contributed by atoms with E-state index in [4.69, 9.17) is 11.6 Å². The molecule has 0 bridgehead atoms. The van der Waals surface area contributed by atoms with E-state index in [-0.39, 0.29) is 0 Å². The van der Waals surface area contributed by atoms with E-state index in [1.165, 1.54) is 0 Å². The Morgan fingerprint density at radius 2 is 2.05 bits per heavy atom. The molecule has 3 rings (SSSR count). The van der Waals surface area contributed by atoms with Gasteiger partial charge in [0, 0.05) is 17.3 Å². The van der Waals surface area contributed by atoms with E-state index in [1.807, 2.05) is 24.3 Å². The number of thiophene rings is 1. The van der Waals surface area contributed by atoms with Crippen molar-refractivity contribution in [3.8, 4) is 10.7 Å². The van der Waals surface area contributed by atoms with Crippen LogP contribution in [0.5, 0.6) is 0 Å². The van der Waals surface area contributed by atoms with Crippen molar-refractivity contribution in [2.45, 2.75) is 30.8 Å². The number of hydrogen-bond donors (Lipinski definition) is 0. The Morgan fingerprint density at radius 3 is 2.77 bits per heavy atom. The molecule has 0 N–H and O–H groups in total. The monoisotopic (exact) mass is 349 g/mol. The van der Waals surface area contributed by atoms with Gasteiger partial charge in [-0.15, -0.1) is 21.5 Å².